The van der Waals surface area contributed by atoms with E-state index in [0.29, 0.717) is 0 Å². The third kappa shape index (κ3) is 5.76. The van der Waals surface area contributed by atoms with E-state index in [4.69, 9.17) is 4.84 Å². The Morgan fingerprint density at radius 2 is 1.89 bits per heavy atom. The van der Waals surface area contributed by atoms with Gasteiger partial charge in [-0.05, 0) is 19.1 Å². The van der Waals surface area contributed by atoms with Crippen LogP contribution in [0.3, 0.4) is 0 Å². The number of carbonyl (C=O) groups is 2. The number of hydrogen-bond donors (Lipinski definition) is 1. The Morgan fingerprint density at radius 3 is 2.47 bits per heavy atom. The fraction of sp³-hybridized carbons (Fsp3) is 0.385. The monoisotopic (exact) mass is 282 g/mol. The number of amides is 2. The van der Waals surface area contributed by atoms with E-state index >= 15 is 0 Å². The Hall–Kier alpha value is -1.53. The second kappa shape index (κ2) is 7.81. The summed E-state index contributed by atoms with van der Waals surface area (Å²) in [7, 11) is 2.96. The topological polar surface area (TPSA) is 58.6 Å². The van der Waals surface area contributed by atoms with Crippen LogP contribution in [0.2, 0.25) is 0 Å². The molecular weight excluding hydrogens is 264 g/mol. The van der Waals surface area contributed by atoms with Crippen LogP contribution in [0.1, 0.15) is 5.56 Å². The smallest absolute Gasteiger partial charge is 0.255 e. The first-order valence-corrected chi connectivity index (χ1v) is 6.93. The highest BCUT2D eigenvalue weighted by Crippen LogP contribution is 2.10. The first kappa shape index (κ1) is 15.5. The maximum atomic E-state index is 11.6. The zero-order valence-corrected chi connectivity index (χ0v) is 12.1. The van der Waals surface area contributed by atoms with Crippen LogP contribution in [0.15, 0.2) is 24.3 Å². The van der Waals surface area contributed by atoms with Gasteiger partial charge in [-0.2, -0.15) is 0 Å². The number of nitrogens with zero attached hydrogens (tertiary/aromatic N) is 1. The van der Waals surface area contributed by atoms with Crippen LogP contribution >= 0.6 is 11.8 Å². The first-order chi connectivity index (χ1) is 9.02. The number of carbonyl (C=O) groups excluding carboxylic acids is 2. The summed E-state index contributed by atoms with van der Waals surface area (Å²) in [4.78, 5) is 27.8. The first-order valence-electron chi connectivity index (χ1n) is 5.78. The van der Waals surface area contributed by atoms with Crippen molar-refractivity contribution in [1.29, 1.82) is 0 Å². The molecule has 0 aliphatic carbocycles. The molecule has 0 bridgehead atoms. The lowest BCUT2D eigenvalue weighted by Gasteiger charge is -2.12. The van der Waals surface area contributed by atoms with Gasteiger partial charge in [0.2, 0.25) is 5.91 Å². The molecule has 0 aromatic heterocycles. The van der Waals surface area contributed by atoms with Gasteiger partial charge in [-0.15, -0.1) is 11.8 Å². The van der Waals surface area contributed by atoms with Crippen molar-refractivity contribution in [2.45, 2.75) is 6.92 Å². The van der Waals surface area contributed by atoms with E-state index < -0.39 is 0 Å². The zero-order chi connectivity index (χ0) is 14.3. The predicted octanol–water partition coefficient (Wildman–Crippen LogP) is 1.69. The van der Waals surface area contributed by atoms with Gasteiger partial charge in [0.25, 0.3) is 5.91 Å². The van der Waals surface area contributed by atoms with Crippen molar-refractivity contribution < 1.29 is 14.4 Å². The number of rotatable bonds is 6. The SMILES string of the molecule is CON(C)C(=O)CSCC(=O)Nc1ccc(C)cc1. The molecule has 19 heavy (non-hydrogen) atoms. The second-order valence-electron chi connectivity index (χ2n) is 3.98. The second-order valence-corrected chi connectivity index (χ2v) is 4.97. The van der Waals surface area contributed by atoms with Crippen LogP contribution in [0.25, 0.3) is 0 Å². The standard InChI is InChI=1S/C13H18N2O3S/c1-10-4-6-11(7-5-10)14-12(16)8-19-9-13(17)15(2)18-3/h4-7H,8-9H2,1-3H3,(H,14,16). The van der Waals surface area contributed by atoms with Crippen LogP contribution in [-0.4, -0.2) is 42.5 Å². The minimum Gasteiger partial charge on any atom is -0.325 e. The molecule has 2 amide bonds. The molecule has 0 spiro atoms. The van der Waals surface area contributed by atoms with Gasteiger partial charge in [0.05, 0.1) is 18.6 Å². The van der Waals surface area contributed by atoms with Crippen LogP contribution in [-0.2, 0) is 14.4 Å². The zero-order valence-electron chi connectivity index (χ0n) is 11.3. The van der Waals surface area contributed by atoms with Crippen molar-refractivity contribution in [1.82, 2.24) is 5.06 Å². The lowest BCUT2D eigenvalue weighted by atomic mass is 10.2. The lowest BCUT2D eigenvalue weighted by molar-refractivity contribution is -0.165. The third-order valence-corrected chi connectivity index (χ3v) is 3.34. The molecule has 0 aliphatic heterocycles. The molecule has 1 N–H and O–H groups in total. The van der Waals surface area contributed by atoms with E-state index in [9.17, 15) is 9.59 Å². The van der Waals surface area contributed by atoms with Crippen LogP contribution in [0.5, 0.6) is 0 Å². The average Bonchev–Trinajstić information content (AvgIpc) is 2.40. The summed E-state index contributed by atoms with van der Waals surface area (Å²) in [6.07, 6.45) is 0. The number of anilines is 1. The van der Waals surface area contributed by atoms with Crippen LogP contribution < -0.4 is 5.32 Å². The molecule has 5 nitrogen and oxygen atoms in total. The fourth-order valence-corrected chi connectivity index (χ4v) is 1.97. The summed E-state index contributed by atoms with van der Waals surface area (Å²) in [6, 6.07) is 7.56. The molecule has 0 atom stereocenters. The number of hydrogen-bond acceptors (Lipinski definition) is 4. The molecule has 1 rings (SSSR count). The summed E-state index contributed by atoms with van der Waals surface area (Å²) < 4.78 is 0. The van der Waals surface area contributed by atoms with Gasteiger partial charge in [0.15, 0.2) is 0 Å². The van der Waals surface area contributed by atoms with Crippen LogP contribution in [0, 0.1) is 6.92 Å². The highest BCUT2D eigenvalue weighted by atomic mass is 32.2. The highest BCUT2D eigenvalue weighted by molar-refractivity contribution is 8.00. The molecule has 104 valence electrons. The molecule has 6 heteroatoms. The lowest BCUT2D eigenvalue weighted by Crippen LogP contribution is -2.27. The summed E-state index contributed by atoms with van der Waals surface area (Å²) in [5.41, 5.74) is 1.90. The maximum absolute atomic E-state index is 11.6. The van der Waals surface area contributed by atoms with Crippen molar-refractivity contribution in [2.24, 2.45) is 0 Å². The van der Waals surface area contributed by atoms with Gasteiger partial charge >= 0.3 is 0 Å². The normalized spacial score (nSPS) is 10.1. The highest BCUT2D eigenvalue weighted by Gasteiger charge is 2.09. The quantitative estimate of drug-likeness (QED) is 0.807. The summed E-state index contributed by atoms with van der Waals surface area (Å²) in [5, 5.41) is 3.91. The Bertz CT molecular complexity index is 434. The Labute approximate surface area is 117 Å². The molecule has 0 fully saturated rings. The van der Waals surface area contributed by atoms with Crippen molar-refractivity contribution in [3.63, 3.8) is 0 Å². The largest absolute Gasteiger partial charge is 0.325 e. The van der Waals surface area contributed by atoms with E-state index in [0.717, 1.165) is 16.3 Å². The summed E-state index contributed by atoms with van der Waals surface area (Å²) in [5.74, 6) is 0.153. The van der Waals surface area contributed by atoms with Crippen molar-refractivity contribution >= 4 is 29.3 Å². The Balaban J connectivity index is 2.28. The Morgan fingerprint density at radius 1 is 1.26 bits per heavy atom. The third-order valence-electron chi connectivity index (χ3n) is 2.42. The number of benzene rings is 1. The summed E-state index contributed by atoms with van der Waals surface area (Å²) in [6.45, 7) is 1.99. The van der Waals surface area contributed by atoms with Gasteiger partial charge in [-0.3, -0.25) is 14.4 Å². The molecule has 0 heterocycles. The molecular formula is C13H18N2O3S. The minimum absolute atomic E-state index is 0.123. The van der Waals surface area contributed by atoms with E-state index in [1.165, 1.54) is 25.9 Å². The van der Waals surface area contributed by atoms with Crippen molar-refractivity contribution in [3.05, 3.63) is 29.8 Å². The maximum Gasteiger partial charge on any atom is 0.255 e. The fourth-order valence-electron chi connectivity index (χ4n) is 1.26. The molecule has 0 aliphatic rings. The molecule has 0 saturated carbocycles. The van der Waals surface area contributed by atoms with Crippen LogP contribution in [0.4, 0.5) is 5.69 Å². The average molecular weight is 282 g/mol. The number of hydroxylamine groups is 2. The number of aryl methyl sites for hydroxylation is 1. The molecule has 0 saturated heterocycles. The summed E-state index contributed by atoms with van der Waals surface area (Å²) >= 11 is 1.25. The number of nitrogens with one attached hydrogen (secondary N) is 1. The van der Waals surface area contributed by atoms with Gasteiger partial charge in [-0.1, -0.05) is 17.7 Å². The van der Waals surface area contributed by atoms with E-state index in [2.05, 4.69) is 5.32 Å². The van der Waals surface area contributed by atoms with Gasteiger partial charge in [-0.25, -0.2) is 5.06 Å². The van der Waals surface area contributed by atoms with Crippen molar-refractivity contribution in [3.8, 4) is 0 Å². The molecule has 0 radical (unpaired) electrons. The van der Waals surface area contributed by atoms with Gasteiger partial charge in [0.1, 0.15) is 0 Å². The van der Waals surface area contributed by atoms with Gasteiger partial charge in [0, 0.05) is 12.7 Å². The van der Waals surface area contributed by atoms with E-state index in [1.54, 1.807) is 0 Å². The van der Waals surface area contributed by atoms with E-state index in [1.807, 2.05) is 31.2 Å². The molecule has 0 unspecified atom stereocenters. The number of thioether (sulfide) groups is 1. The predicted molar refractivity (Wildman–Crippen MR) is 76.9 cm³/mol. The molecule has 1 aromatic carbocycles. The van der Waals surface area contributed by atoms with Crippen molar-refractivity contribution in [2.75, 3.05) is 31.0 Å². The van der Waals surface area contributed by atoms with E-state index in [-0.39, 0.29) is 23.3 Å². The molecule has 1 aromatic rings. The minimum atomic E-state index is -0.171. The van der Waals surface area contributed by atoms with Gasteiger partial charge < -0.3 is 5.32 Å². The Kier molecular flexibility index (Phi) is 6.38.